The zero-order valence-electron chi connectivity index (χ0n) is 4.29. The molecule has 0 unspecified atom stereocenters. The number of allylic oxidation sites excluding steroid dienone is 1. The van der Waals surface area contributed by atoms with Gasteiger partial charge in [-0.25, -0.2) is 0 Å². The smallest absolute Gasteiger partial charge is 0.171 e. The number of hydrogen-bond acceptors (Lipinski definition) is 3. The SMILES string of the molecule is N#CCC(=O)C=CN. The van der Waals surface area contributed by atoms with Crippen LogP contribution in [-0.2, 0) is 4.79 Å². The normalized spacial score (nSPS) is 8.88. The van der Waals surface area contributed by atoms with Crippen LogP contribution in [0.5, 0.6) is 0 Å². The summed E-state index contributed by atoms with van der Waals surface area (Å²) in [6.07, 6.45) is 2.20. The van der Waals surface area contributed by atoms with E-state index in [1.54, 1.807) is 6.07 Å². The Morgan fingerprint density at radius 1 is 1.88 bits per heavy atom. The van der Waals surface area contributed by atoms with Gasteiger partial charge in [0, 0.05) is 0 Å². The van der Waals surface area contributed by atoms with E-state index in [2.05, 4.69) is 0 Å². The first-order chi connectivity index (χ1) is 3.81. The average molecular weight is 110 g/mol. The fraction of sp³-hybridized carbons (Fsp3) is 0.200. The maximum Gasteiger partial charge on any atom is 0.171 e. The second-order valence-electron chi connectivity index (χ2n) is 1.16. The molecule has 0 atom stereocenters. The maximum atomic E-state index is 10.3. The van der Waals surface area contributed by atoms with E-state index in [1.165, 1.54) is 6.08 Å². The Bertz CT molecular complexity index is 143. The van der Waals surface area contributed by atoms with Gasteiger partial charge < -0.3 is 5.73 Å². The van der Waals surface area contributed by atoms with Gasteiger partial charge in [-0.05, 0) is 12.3 Å². The van der Waals surface area contributed by atoms with E-state index in [0.717, 1.165) is 6.20 Å². The molecule has 0 spiro atoms. The number of rotatable bonds is 2. The van der Waals surface area contributed by atoms with Crippen LogP contribution in [0.1, 0.15) is 6.42 Å². The number of nitriles is 1. The summed E-state index contributed by atoms with van der Waals surface area (Å²) in [6.45, 7) is 0. The Hall–Kier alpha value is -1.30. The predicted octanol–water partition coefficient (Wildman–Crippen LogP) is -0.0584. The second kappa shape index (κ2) is 3.88. The van der Waals surface area contributed by atoms with Crippen LogP contribution in [0.4, 0.5) is 0 Å². The minimum Gasteiger partial charge on any atom is -0.404 e. The van der Waals surface area contributed by atoms with Crippen molar-refractivity contribution in [3.8, 4) is 6.07 Å². The molecule has 0 aromatic heterocycles. The highest BCUT2D eigenvalue weighted by Gasteiger charge is 1.89. The molecule has 0 saturated heterocycles. The lowest BCUT2D eigenvalue weighted by molar-refractivity contribution is -0.113. The van der Waals surface area contributed by atoms with Crippen molar-refractivity contribution in [2.24, 2.45) is 5.73 Å². The van der Waals surface area contributed by atoms with Crippen molar-refractivity contribution in [1.82, 2.24) is 0 Å². The van der Waals surface area contributed by atoms with Gasteiger partial charge in [-0.3, -0.25) is 4.79 Å². The van der Waals surface area contributed by atoms with E-state index < -0.39 is 0 Å². The first-order valence-electron chi connectivity index (χ1n) is 2.09. The quantitative estimate of drug-likeness (QED) is 0.506. The lowest BCUT2D eigenvalue weighted by Gasteiger charge is -1.76. The third kappa shape index (κ3) is 2.91. The van der Waals surface area contributed by atoms with Crippen LogP contribution in [-0.4, -0.2) is 5.78 Å². The van der Waals surface area contributed by atoms with Crippen LogP contribution in [0.2, 0.25) is 0 Å². The van der Waals surface area contributed by atoms with Crippen molar-refractivity contribution >= 4 is 5.78 Å². The molecule has 0 bridgehead atoms. The third-order valence-corrected chi connectivity index (χ3v) is 0.535. The van der Waals surface area contributed by atoms with E-state index in [9.17, 15) is 4.79 Å². The van der Waals surface area contributed by atoms with Gasteiger partial charge in [0.25, 0.3) is 0 Å². The summed E-state index contributed by atoms with van der Waals surface area (Å²) >= 11 is 0. The fourth-order valence-corrected chi connectivity index (χ4v) is 0.244. The Kier molecular flexibility index (Phi) is 3.25. The zero-order valence-corrected chi connectivity index (χ0v) is 4.29. The van der Waals surface area contributed by atoms with Gasteiger partial charge in [-0.15, -0.1) is 0 Å². The standard InChI is InChI=1S/C5H6N2O/c6-3-1-5(8)2-4-7/h1,3H,2,6H2. The molecule has 0 saturated carbocycles. The molecular formula is C5H6N2O. The number of hydrogen-bond donors (Lipinski definition) is 1. The van der Waals surface area contributed by atoms with Gasteiger partial charge in [0.2, 0.25) is 0 Å². The Balaban J connectivity index is 3.53. The molecule has 0 aromatic carbocycles. The Morgan fingerprint density at radius 2 is 2.50 bits per heavy atom. The molecule has 0 fully saturated rings. The average Bonchev–Trinajstić information content (AvgIpc) is 1.68. The van der Waals surface area contributed by atoms with Gasteiger partial charge in [0.1, 0.15) is 0 Å². The minimum atomic E-state index is -0.255. The van der Waals surface area contributed by atoms with Crippen molar-refractivity contribution in [3.63, 3.8) is 0 Å². The van der Waals surface area contributed by atoms with Gasteiger partial charge >= 0.3 is 0 Å². The second-order valence-corrected chi connectivity index (χ2v) is 1.16. The number of nitrogens with zero attached hydrogens (tertiary/aromatic N) is 1. The fourth-order valence-electron chi connectivity index (χ4n) is 0.244. The minimum absolute atomic E-state index is 0.0896. The van der Waals surface area contributed by atoms with Gasteiger partial charge in [0.15, 0.2) is 5.78 Å². The Labute approximate surface area is 47.4 Å². The van der Waals surface area contributed by atoms with Crippen LogP contribution >= 0.6 is 0 Å². The molecule has 3 heteroatoms. The lowest BCUT2D eigenvalue weighted by Crippen LogP contribution is -1.90. The van der Waals surface area contributed by atoms with E-state index >= 15 is 0 Å². The number of carbonyl (C=O) groups is 1. The van der Waals surface area contributed by atoms with Crippen LogP contribution < -0.4 is 5.73 Å². The molecule has 3 nitrogen and oxygen atoms in total. The van der Waals surface area contributed by atoms with Gasteiger partial charge in [-0.2, -0.15) is 5.26 Å². The maximum absolute atomic E-state index is 10.3. The first kappa shape index (κ1) is 6.70. The summed E-state index contributed by atoms with van der Waals surface area (Å²) in [6, 6.07) is 1.70. The topological polar surface area (TPSA) is 66.9 Å². The van der Waals surface area contributed by atoms with Crippen molar-refractivity contribution in [3.05, 3.63) is 12.3 Å². The van der Waals surface area contributed by atoms with E-state index in [4.69, 9.17) is 11.0 Å². The predicted molar refractivity (Wildman–Crippen MR) is 28.6 cm³/mol. The van der Waals surface area contributed by atoms with Crippen LogP contribution in [0.25, 0.3) is 0 Å². The summed E-state index contributed by atoms with van der Waals surface area (Å²) in [5.41, 5.74) is 4.85. The summed E-state index contributed by atoms with van der Waals surface area (Å²) in [4.78, 5) is 10.3. The molecule has 0 radical (unpaired) electrons. The Morgan fingerprint density at radius 3 is 2.88 bits per heavy atom. The largest absolute Gasteiger partial charge is 0.404 e. The summed E-state index contributed by atoms with van der Waals surface area (Å²) in [5, 5.41) is 7.92. The molecule has 8 heavy (non-hydrogen) atoms. The highest BCUT2D eigenvalue weighted by atomic mass is 16.1. The number of ketones is 1. The van der Waals surface area contributed by atoms with Crippen LogP contribution in [0.15, 0.2) is 12.3 Å². The molecule has 42 valence electrons. The molecule has 0 aliphatic rings. The van der Waals surface area contributed by atoms with Crippen molar-refractivity contribution in [1.29, 1.82) is 5.26 Å². The van der Waals surface area contributed by atoms with E-state index in [0.29, 0.717) is 0 Å². The summed E-state index contributed by atoms with van der Waals surface area (Å²) in [7, 11) is 0. The van der Waals surface area contributed by atoms with Crippen LogP contribution in [0.3, 0.4) is 0 Å². The molecular weight excluding hydrogens is 104 g/mol. The summed E-state index contributed by atoms with van der Waals surface area (Å²) < 4.78 is 0. The lowest BCUT2D eigenvalue weighted by atomic mass is 10.3. The number of nitrogens with two attached hydrogens (primary N) is 1. The molecule has 2 N–H and O–H groups in total. The number of carbonyl (C=O) groups excluding carboxylic acids is 1. The van der Waals surface area contributed by atoms with Crippen molar-refractivity contribution in [2.75, 3.05) is 0 Å². The highest BCUT2D eigenvalue weighted by molar-refractivity contribution is 5.90. The summed E-state index contributed by atoms with van der Waals surface area (Å²) in [5.74, 6) is -0.255. The van der Waals surface area contributed by atoms with Gasteiger partial charge in [0.05, 0.1) is 12.5 Å². The van der Waals surface area contributed by atoms with E-state index in [-0.39, 0.29) is 12.2 Å². The first-order valence-corrected chi connectivity index (χ1v) is 2.09. The monoisotopic (exact) mass is 110 g/mol. The van der Waals surface area contributed by atoms with Crippen molar-refractivity contribution < 1.29 is 4.79 Å². The van der Waals surface area contributed by atoms with E-state index in [1.807, 2.05) is 0 Å². The molecule has 0 rings (SSSR count). The third-order valence-electron chi connectivity index (χ3n) is 0.535. The molecule has 0 aromatic rings. The van der Waals surface area contributed by atoms with Crippen molar-refractivity contribution in [2.45, 2.75) is 6.42 Å². The zero-order chi connectivity index (χ0) is 6.41. The van der Waals surface area contributed by atoms with Crippen LogP contribution in [0, 0.1) is 11.3 Å². The molecule has 0 amide bonds. The molecule has 0 aliphatic heterocycles. The molecule has 0 aliphatic carbocycles. The molecule has 0 heterocycles. The highest BCUT2D eigenvalue weighted by Crippen LogP contribution is 1.79. The van der Waals surface area contributed by atoms with Gasteiger partial charge in [-0.1, -0.05) is 0 Å².